The maximum atomic E-state index is 12.7. The van der Waals surface area contributed by atoms with E-state index < -0.39 is 49.5 Å². The minimum atomic E-state index is -1.56. The highest BCUT2D eigenvalue weighted by Gasteiger charge is 2.44. The molecule has 1 aliphatic heterocycles. The van der Waals surface area contributed by atoms with Gasteiger partial charge in [0.25, 0.3) is 0 Å². The molecule has 1 amide bonds. The Labute approximate surface area is 254 Å². The molecule has 7 atom stereocenters. The van der Waals surface area contributed by atoms with Gasteiger partial charge in [0, 0.05) is 6.42 Å². The molecule has 0 aliphatic carbocycles. The van der Waals surface area contributed by atoms with E-state index in [4.69, 9.17) is 9.47 Å². The Morgan fingerprint density at radius 3 is 2.00 bits per heavy atom. The van der Waals surface area contributed by atoms with Crippen LogP contribution < -0.4 is 5.32 Å². The molecular weight excluding hydrogens is 538 g/mol. The summed E-state index contributed by atoms with van der Waals surface area (Å²) in [6.07, 6.45) is 18.1. The van der Waals surface area contributed by atoms with E-state index in [-0.39, 0.29) is 12.5 Å². The molecule has 0 aromatic carbocycles. The first-order valence-corrected chi connectivity index (χ1v) is 16.6. The van der Waals surface area contributed by atoms with E-state index in [0.29, 0.717) is 6.42 Å². The molecule has 1 fully saturated rings. The third-order valence-electron chi connectivity index (χ3n) is 7.77. The van der Waals surface area contributed by atoms with Crippen molar-refractivity contribution in [3.8, 4) is 0 Å². The van der Waals surface area contributed by atoms with Crippen molar-refractivity contribution in [3.63, 3.8) is 0 Å². The van der Waals surface area contributed by atoms with Crippen molar-refractivity contribution in [1.29, 1.82) is 0 Å². The molecule has 1 rings (SSSR count). The number of carbonyl (C=O) groups excluding carboxylic acids is 1. The Kier molecular flexibility index (Phi) is 23.1. The maximum Gasteiger partial charge on any atom is 0.220 e. The van der Waals surface area contributed by atoms with Crippen molar-refractivity contribution in [1.82, 2.24) is 5.32 Å². The molecule has 42 heavy (non-hydrogen) atoms. The average molecular weight is 600 g/mol. The molecule has 7 unspecified atom stereocenters. The standard InChI is InChI=1S/C33H61NO8/c1-3-5-7-9-11-13-15-17-19-21-23-29(37)34-26(27(36)22-20-18-16-14-12-10-8-6-4-2)25-41-33-32(40)31(39)30(38)28(24-35)42-33/h9,11,20,22,26-28,30-33,35-36,38-40H,3-8,10,12-19,21,23-25H2,1-2H3,(H,34,37)/b11-9-,22-20+. The number of unbranched alkanes of at least 4 members (excludes halogenated alkanes) is 13. The van der Waals surface area contributed by atoms with Crippen LogP contribution in [-0.2, 0) is 14.3 Å². The highest BCUT2D eigenvalue weighted by atomic mass is 16.7. The number of allylic oxidation sites excluding steroid dienone is 3. The predicted octanol–water partition coefficient (Wildman–Crippen LogP) is 4.43. The molecule has 9 heteroatoms. The maximum absolute atomic E-state index is 12.7. The summed E-state index contributed by atoms with van der Waals surface area (Å²) in [5.74, 6) is -0.198. The van der Waals surface area contributed by atoms with Crippen molar-refractivity contribution in [2.45, 2.75) is 166 Å². The molecular formula is C33H61NO8. The quantitative estimate of drug-likeness (QED) is 0.0667. The van der Waals surface area contributed by atoms with Crippen molar-refractivity contribution in [2.75, 3.05) is 13.2 Å². The van der Waals surface area contributed by atoms with Crippen molar-refractivity contribution in [3.05, 3.63) is 24.3 Å². The zero-order valence-corrected chi connectivity index (χ0v) is 26.2. The van der Waals surface area contributed by atoms with Gasteiger partial charge in [0.05, 0.1) is 25.4 Å². The molecule has 1 heterocycles. The van der Waals surface area contributed by atoms with E-state index in [1.165, 1.54) is 44.9 Å². The summed E-state index contributed by atoms with van der Waals surface area (Å²) in [5.41, 5.74) is 0. The van der Waals surface area contributed by atoms with Crippen LogP contribution in [0.2, 0.25) is 0 Å². The number of nitrogens with one attached hydrogen (secondary N) is 1. The summed E-state index contributed by atoms with van der Waals surface area (Å²) in [4.78, 5) is 12.7. The Bertz CT molecular complexity index is 716. The zero-order chi connectivity index (χ0) is 31.0. The van der Waals surface area contributed by atoms with E-state index in [9.17, 15) is 30.3 Å². The normalized spacial score (nSPS) is 24.4. The highest BCUT2D eigenvalue weighted by Crippen LogP contribution is 2.22. The monoisotopic (exact) mass is 599 g/mol. The molecule has 0 aromatic heterocycles. The van der Waals surface area contributed by atoms with Gasteiger partial charge in [0.1, 0.15) is 24.4 Å². The van der Waals surface area contributed by atoms with Crippen LogP contribution >= 0.6 is 0 Å². The number of rotatable bonds is 25. The SMILES string of the molecule is CCCC/C=C\CCCCCCC(=O)NC(COC1OC(CO)C(O)C(O)C1O)C(O)/C=C/CCCCCCCCC. The molecule has 0 bridgehead atoms. The first-order valence-electron chi connectivity index (χ1n) is 16.6. The first-order chi connectivity index (χ1) is 20.3. The summed E-state index contributed by atoms with van der Waals surface area (Å²) < 4.78 is 11.1. The fraction of sp³-hybridized carbons (Fsp3) is 0.848. The van der Waals surface area contributed by atoms with Crippen LogP contribution in [0.4, 0.5) is 0 Å². The van der Waals surface area contributed by atoms with E-state index in [0.717, 1.165) is 57.8 Å². The molecule has 0 aromatic rings. The van der Waals surface area contributed by atoms with Gasteiger partial charge in [-0.2, -0.15) is 0 Å². The largest absolute Gasteiger partial charge is 0.394 e. The number of aliphatic hydroxyl groups is 5. The van der Waals surface area contributed by atoms with Crippen molar-refractivity contribution in [2.24, 2.45) is 0 Å². The fourth-order valence-electron chi connectivity index (χ4n) is 4.96. The summed E-state index contributed by atoms with van der Waals surface area (Å²) >= 11 is 0. The first kappa shape index (κ1) is 38.7. The van der Waals surface area contributed by atoms with Gasteiger partial charge >= 0.3 is 0 Å². The lowest BCUT2D eigenvalue weighted by Gasteiger charge is -2.40. The lowest BCUT2D eigenvalue weighted by atomic mass is 9.99. The van der Waals surface area contributed by atoms with Crippen molar-refractivity contribution >= 4 is 5.91 Å². The van der Waals surface area contributed by atoms with E-state index >= 15 is 0 Å². The summed E-state index contributed by atoms with van der Waals surface area (Å²) in [5, 5.41) is 53.5. The Morgan fingerprint density at radius 1 is 0.786 bits per heavy atom. The minimum Gasteiger partial charge on any atom is -0.394 e. The Morgan fingerprint density at radius 2 is 1.36 bits per heavy atom. The number of hydrogen-bond donors (Lipinski definition) is 6. The van der Waals surface area contributed by atoms with Gasteiger partial charge in [-0.05, 0) is 38.5 Å². The van der Waals surface area contributed by atoms with E-state index in [1.807, 2.05) is 6.08 Å². The highest BCUT2D eigenvalue weighted by molar-refractivity contribution is 5.76. The van der Waals surface area contributed by atoms with Gasteiger partial charge in [-0.25, -0.2) is 0 Å². The van der Waals surface area contributed by atoms with E-state index in [1.54, 1.807) is 6.08 Å². The van der Waals surface area contributed by atoms with Crippen LogP contribution in [0.25, 0.3) is 0 Å². The zero-order valence-electron chi connectivity index (χ0n) is 26.2. The smallest absolute Gasteiger partial charge is 0.220 e. The summed E-state index contributed by atoms with van der Waals surface area (Å²) in [7, 11) is 0. The second-order valence-corrected chi connectivity index (χ2v) is 11.6. The summed E-state index contributed by atoms with van der Waals surface area (Å²) in [6, 6.07) is -0.802. The molecule has 0 spiro atoms. The van der Waals surface area contributed by atoms with Gasteiger partial charge in [0.2, 0.25) is 5.91 Å². The third-order valence-corrected chi connectivity index (χ3v) is 7.77. The molecule has 6 N–H and O–H groups in total. The molecule has 246 valence electrons. The van der Waals surface area contributed by atoms with Crippen LogP contribution in [0, 0.1) is 0 Å². The fourth-order valence-corrected chi connectivity index (χ4v) is 4.96. The second kappa shape index (κ2) is 25.0. The molecule has 0 saturated carbocycles. The predicted molar refractivity (Wildman–Crippen MR) is 166 cm³/mol. The topological polar surface area (TPSA) is 149 Å². The van der Waals surface area contributed by atoms with Crippen molar-refractivity contribution < 1.29 is 39.8 Å². The van der Waals surface area contributed by atoms with Gasteiger partial charge in [-0.1, -0.05) is 102 Å². The Balaban J connectivity index is 2.56. The molecule has 0 radical (unpaired) electrons. The third kappa shape index (κ3) is 17.1. The summed E-state index contributed by atoms with van der Waals surface area (Å²) in [6.45, 7) is 3.64. The van der Waals surface area contributed by atoms with Gasteiger partial charge in [-0.15, -0.1) is 0 Å². The minimum absolute atomic E-state index is 0.193. The van der Waals surface area contributed by atoms with Crippen LogP contribution in [0.1, 0.15) is 123 Å². The molecule has 9 nitrogen and oxygen atoms in total. The number of aliphatic hydroxyl groups excluding tert-OH is 5. The van der Waals surface area contributed by atoms with Crippen LogP contribution in [0.15, 0.2) is 24.3 Å². The van der Waals surface area contributed by atoms with Gasteiger partial charge in [-0.3, -0.25) is 4.79 Å². The van der Waals surface area contributed by atoms with Gasteiger partial charge in [0.15, 0.2) is 6.29 Å². The number of hydrogen-bond acceptors (Lipinski definition) is 8. The van der Waals surface area contributed by atoms with Crippen LogP contribution in [0.5, 0.6) is 0 Å². The molecule has 1 saturated heterocycles. The Hall–Kier alpha value is -1.33. The van der Waals surface area contributed by atoms with E-state index in [2.05, 4.69) is 31.3 Å². The number of amides is 1. The second-order valence-electron chi connectivity index (χ2n) is 11.6. The molecule has 1 aliphatic rings. The van der Waals surface area contributed by atoms with Crippen LogP contribution in [-0.4, -0.2) is 87.5 Å². The lowest BCUT2D eigenvalue weighted by molar-refractivity contribution is -0.302. The van der Waals surface area contributed by atoms with Gasteiger partial charge < -0.3 is 40.3 Å². The number of carbonyl (C=O) groups is 1. The number of ether oxygens (including phenoxy) is 2. The van der Waals surface area contributed by atoms with Crippen LogP contribution in [0.3, 0.4) is 0 Å². The lowest BCUT2D eigenvalue weighted by Crippen LogP contribution is -2.60. The average Bonchev–Trinajstić information content (AvgIpc) is 2.98.